The van der Waals surface area contributed by atoms with E-state index in [0.29, 0.717) is 12.2 Å². The van der Waals surface area contributed by atoms with Gasteiger partial charge in [0.15, 0.2) is 0 Å². The van der Waals surface area contributed by atoms with Crippen LogP contribution >= 0.6 is 11.3 Å². The van der Waals surface area contributed by atoms with E-state index in [0.717, 1.165) is 9.88 Å². The molecular formula is C12H15N3O2S2. The Morgan fingerprint density at radius 3 is 2.68 bits per heavy atom. The van der Waals surface area contributed by atoms with Crippen molar-refractivity contribution in [2.45, 2.75) is 18.4 Å². The summed E-state index contributed by atoms with van der Waals surface area (Å²) in [5, 5.41) is 4.04. The second-order valence-electron chi connectivity index (χ2n) is 3.92. The third-order valence-corrected chi connectivity index (χ3v) is 4.93. The van der Waals surface area contributed by atoms with Crippen LogP contribution in [0.1, 0.15) is 9.88 Å². The number of hydrogen-bond donors (Lipinski definition) is 2. The van der Waals surface area contributed by atoms with Crippen molar-refractivity contribution < 1.29 is 8.42 Å². The average molecular weight is 297 g/mol. The van der Waals surface area contributed by atoms with E-state index in [4.69, 9.17) is 0 Å². The lowest BCUT2D eigenvalue weighted by Crippen LogP contribution is -2.20. The number of nitrogens with zero attached hydrogens (tertiary/aromatic N) is 1. The lowest BCUT2D eigenvalue weighted by atomic mass is 10.3. The van der Waals surface area contributed by atoms with Gasteiger partial charge in [-0.3, -0.25) is 0 Å². The molecule has 2 aromatic rings. The van der Waals surface area contributed by atoms with Crippen LogP contribution in [-0.2, 0) is 16.6 Å². The molecule has 1 aromatic carbocycles. The van der Waals surface area contributed by atoms with E-state index in [1.807, 2.05) is 6.92 Å². The minimum absolute atomic E-state index is 0.241. The molecule has 0 amide bonds. The maximum absolute atomic E-state index is 11.9. The maximum Gasteiger partial charge on any atom is 0.242 e. The van der Waals surface area contributed by atoms with Crippen LogP contribution in [0.25, 0.3) is 0 Å². The number of aryl methyl sites for hydroxylation is 1. The molecule has 5 nitrogen and oxygen atoms in total. The van der Waals surface area contributed by atoms with Crippen molar-refractivity contribution in [2.24, 2.45) is 0 Å². The number of thiazole rings is 1. The summed E-state index contributed by atoms with van der Waals surface area (Å²) < 4.78 is 26.1. The number of benzene rings is 1. The molecule has 0 saturated carbocycles. The highest BCUT2D eigenvalue weighted by Crippen LogP contribution is 2.21. The summed E-state index contributed by atoms with van der Waals surface area (Å²) in [5.74, 6) is 0. The third kappa shape index (κ3) is 3.31. The van der Waals surface area contributed by atoms with Crippen LogP contribution < -0.4 is 10.0 Å². The van der Waals surface area contributed by atoms with Gasteiger partial charge in [-0.25, -0.2) is 18.1 Å². The minimum atomic E-state index is -3.46. The summed E-state index contributed by atoms with van der Waals surface area (Å²) >= 11 is 1.59. The quantitative estimate of drug-likeness (QED) is 0.885. The fourth-order valence-corrected chi connectivity index (χ4v) is 3.25. The third-order valence-electron chi connectivity index (χ3n) is 2.54. The summed E-state index contributed by atoms with van der Waals surface area (Å²) in [4.78, 5) is 5.61. The van der Waals surface area contributed by atoms with Crippen molar-refractivity contribution in [3.63, 3.8) is 0 Å². The molecule has 0 aliphatic heterocycles. The largest absolute Gasteiger partial charge is 0.377 e. The summed E-state index contributed by atoms with van der Waals surface area (Å²) in [6.07, 6.45) is 1.80. The SMILES string of the molecule is CNS(=O)(=O)c1ccccc1NCc1ncc(C)s1. The minimum Gasteiger partial charge on any atom is -0.377 e. The topological polar surface area (TPSA) is 71.1 Å². The van der Waals surface area contributed by atoms with Gasteiger partial charge in [0.05, 0.1) is 12.2 Å². The van der Waals surface area contributed by atoms with E-state index >= 15 is 0 Å². The van der Waals surface area contributed by atoms with Crippen LogP contribution in [0.2, 0.25) is 0 Å². The van der Waals surface area contributed by atoms with Gasteiger partial charge >= 0.3 is 0 Å². The van der Waals surface area contributed by atoms with Crippen molar-refractivity contribution in [1.82, 2.24) is 9.71 Å². The van der Waals surface area contributed by atoms with E-state index in [9.17, 15) is 8.42 Å². The van der Waals surface area contributed by atoms with Gasteiger partial charge in [0.25, 0.3) is 0 Å². The Bertz CT molecular complexity index is 665. The van der Waals surface area contributed by atoms with Gasteiger partial charge in [-0.05, 0) is 26.1 Å². The molecule has 19 heavy (non-hydrogen) atoms. The van der Waals surface area contributed by atoms with Gasteiger partial charge in [-0.2, -0.15) is 0 Å². The van der Waals surface area contributed by atoms with Crippen LogP contribution in [0.5, 0.6) is 0 Å². The standard InChI is InChI=1S/C12H15N3O2S2/c1-9-7-15-12(18-9)8-14-10-5-3-4-6-11(10)19(16,17)13-2/h3-7,13-14H,8H2,1-2H3. The summed E-state index contributed by atoms with van der Waals surface area (Å²) in [6.45, 7) is 2.50. The van der Waals surface area contributed by atoms with Crippen molar-refractivity contribution in [3.8, 4) is 0 Å². The van der Waals surface area contributed by atoms with Gasteiger partial charge in [0.2, 0.25) is 10.0 Å². The van der Waals surface area contributed by atoms with E-state index in [1.54, 1.807) is 41.8 Å². The molecule has 0 saturated heterocycles. The van der Waals surface area contributed by atoms with Crippen molar-refractivity contribution in [1.29, 1.82) is 0 Å². The number of rotatable bonds is 5. The second kappa shape index (κ2) is 5.68. The number of anilines is 1. The molecular weight excluding hydrogens is 282 g/mol. The molecule has 1 heterocycles. The van der Waals surface area contributed by atoms with Crippen LogP contribution in [0.15, 0.2) is 35.4 Å². The Morgan fingerprint density at radius 2 is 2.05 bits per heavy atom. The first-order chi connectivity index (χ1) is 9.03. The molecule has 0 spiro atoms. The van der Waals surface area contributed by atoms with E-state index in [-0.39, 0.29) is 4.90 Å². The monoisotopic (exact) mass is 297 g/mol. The van der Waals surface area contributed by atoms with Gasteiger partial charge in [-0.15, -0.1) is 11.3 Å². The van der Waals surface area contributed by atoms with Gasteiger partial charge in [0.1, 0.15) is 9.90 Å². The molecule has 0 atom stereocenters. The van der Waals surface area contributed by atoms with E-state index < -0.39 is 10.0 Å². The molecule has 0 aliphatic rings. The molecule has 0 unspecified atom stereocenters. The van der Waals surface area contributed by atoms with Gasteiger partial charge in [-0.1, -0.05) is 12.1 Å². The molecule has 0 bridgehead atoms. The fraction of sp³-hybridized carbons (Fsp3) is 0.250. The zero-order chi connectivity index (χ0) is 13.9. The predicted molar refractivity (Wildman–Crippen MR) is 76.9 cm³/mol. The first-order valence-electron chi connectivity index (χ1n) is 5.70. The van der Waals surface area contributed by atoms with Crippen LogP contribution in [-0.4, -0.2) is 20.4 Å². The number of sulfonamides is 1. The maximum atomic E-state index is 11.9. The highest BCUT2D eigenvalue weighted by atomic mass is 32.2. The Morgan fingerprint density at radius 1 is 1.32 bits per heavy atom. The number of hydrogen-bond acceptors (Lipinski definition) is 5. The zero-order valence-corrected chi connectivity index (χ0v) is 12.3. The fourth-order valence-electron chi connectivity index (χ4n) is 1.61. The Hall–Kier alpha value is -1.44. The summed E-state index contributed by atoms with van der Waals surface area (Å²) in [6, 6.07) is 6.80. The van der Waals surface area contributed by atoms with Crippen LogP contribution in [0.3, 0.4) is 0 Å². The lowest BCUT2D eigenvalue weighted by molar-refractivity contribution is 0.588. The summed E-state index contributed by atoms with van der Waals surface area (Å²) in [5.41, 5.74) is 0.574. The van der Waals surface area contributed by atoms with Gasteiger partial charge in [0, 0.05) is 11.1 Å². The van der Waals surface area contributed by atoms with Crippen molar-refractivity contribution in [2.75, 3.05) is 12.4 Å². The lowest BCUT2D eigenvalue weighted by Gasteiger charge is -2.10. The second-order valence-corrected chi connectivity index (χ2v) is 7.10. The number of para-hydroxylation sites is 1. The van der Waals surface area contributed by atoms with Crippen LogP contribution in [0, 0.1) is 6.92 Å². The molecule has 0 aliphatic carbocycles. The molecule has 2 N–H and O–H groups in total. The van der Waals surface area contributed by atoms with Crippen LogP contribution in [0.4, 0.5) is 5.69 Å². The number of nitrogens with one attached hydrogen (secondary N) is 2. The zero-order valence-electron chi connectivity index (χ0n) is 10.7. The van der Waals surface area contributed by atoms with E-state index in [2.05, 4.69) is 15.0 Å². The molecule has 0 fully saturated rings. The Labute approximate surface area is 116 Å². The smallest absolute Gasteiger partial charge is 0.242 e. The van der Waals surface area contributed by atoms with E-state index in [1.165, 1.54) is 7.05 Å². The van der Waals surface area contributed by atoms with Crippen molar-refractivity contribution in [3.05, 3.63) is 40.3 Å². The molecule has 1 aromatic heterocycles. The molecule has 2 rings (SSSR count). The normalized spacial score (nSPS) is 11.5. The van der Waals surface area contributed by atoms with Crippen molar-refractivity contribution >= 4 is 27.0 Å². The Kier molecular flexibility index (Phi) is 4.18. The molecule has 0 radical (unpaired) electrons. The average Bonchev–Trinajstić information content (AvgIpc) is 2.82. The molecule has 102 valence electrons. The first kappa shape index (κ1) is 14.0. The first-order valence-corrected chi connectivity index (χ1v) is 8.00. The molecule has 7 heteroatoms. The summed E-state index contributed by atoms with van der Waals surface area (Å²) in [7, 11) is -2.06. The highest BCUT2D eigenvalue weighted by molar-refractivity contribution is 7.89. The Balaban J connectivity index is 2.21. The van der Waals surface area contributed by atoms with Gasteiger partial charge < -0.3 is 5.32 Å². The predicted octanol–water partition coefficient (Wildman–Crippen LogP) is 1.97. The number of aromatic nitrogens is 1. The highest BCUT2D eigenvalue weighted by Gasteiger charge is 2.15.